The molecule has 2 aliphatic rings. The molecular formula is C28H23F5N3O3P. The molecule has 1 aromatic heterocycles. The Balaban J connectivity index is 1.61. The summed E-state index contributed by atoms with van der Waals surface area (Å²) in [6.07, 6.45) is -4.81. The smallest absolute Gasteiger partial charge is 0.417 e. The molecule has 0 aliphatic carbocycles. The van der Waals surface area contributed by atoms with E-state index in [1.807, 2.05) is 0 Å². The summed E-state index contributed by atoms with van der Waals surface area (Å²) in [6, 6.07) is 9.80. The van der Waals surface area contributed by atoms with Crippen molar-refractivity contribution in [3.05, 3.63) is 77.1 Å². The number of hydrogen-bond acceptors (Lipinski definition) is 4. The van der Waals surface area contributed by atoms with Gasteiger partial charge in [0.15, 0.2) is 0 Å². The molecule has 1 amide bonds. The molecule has 0 saturated heterocycles. The first kappa shape index (κ1) is 23.0. The monoisotopic (exact) mass is 578 g/mol. The molecular weight excluding hydrogens is 552 g/mol. The maximum atomic E-state index is 14.2. The number of fused-ring (bicyclic) bond motifs is 9. The minimum atomic E-state index is -4.77. The van der Waals surface area contributed by atoms with E-state index in [0.717, 1.165) is 6.07 Å². The first-order valence-electron chi connectivity index (χ1n) is 13.7. The summed E-state index contributed by atoms with van der Waals surface area (Å²) in [7, 11) is -3.01. The lowest BCUT2D eigenvalue weighted by molar-refractivity contribution is -0.137. The third kappa shape index (κ3) is 4.10. The Bertz CT molecular complexity index is 1850. The van der Waals surface area contributed by atoms with E-state index in [-0.39, 0.29) is 45.6 Å². The van der Waals surface area contributed by atoms with Crippen molar-refractivity contribution in [3.63, 3.8) is 0 Å². The van der Waals surface area contributed by atoms with Crippen LogP contribution in [0.25, 0.3) is 22.2 Å². The number of rotatable bonds is 4. The summed E-state index contributed by atoms with van der Waals surface area (Å²) >= 11 is 0. The van der Waals surface area contributed by atoms with E-state index >= 15 is 0 Å². The van der Waals surface area contributed by atoms with Crippen LogP contribution in [0.15, 0.2) is 54.6 Å². The van der Waals surface area contributed by atoms with Gasteiger partial charge in [-0.2, -0.15) is 22.0 Å². The van der Waals surface area contributed by atoms with E-state index in [1.54, 1.807) is 4.57 Å². The zero-order valence-corrected chi connectivity index (χ0v) is 21.9. The Hall–Kier alpha value is -3.72. The maximum Gasteiger partial charge on any atom is 0.417 e. The lowest BCUT2D eigenvalue weighted by Crippen LogP contribution is -2.30. The topological polar surface area (TPSA) is 64.4 Å². The Kier molecular flexibility index (Phi) is 5.12. The van der Waals surface area contributed by atoms with Gasteiger partial charge in [0.2, 0.25) is 0 Å². The fourth-order valence-corrected chi connectivity index (χ4v) is 6.50. The molecule has 0 radical (unpaired) electrons. The molecule has 4 aromatic rings. The van der Waals surface area contributed by atoms with Gasteiger partial charge in [-0.1, -0.05) is 24.3 Å². The standard InChI is InChI=1S/C28H23F5N3O3P/c1-35-22-13-21(24-17(26(35)37)5-4-6-23(24)39-27(29)30)36-20-11-14(7-10-19(20)34-25(22)36)16-9-8-15(40(2,3)38)12-18(16)28(31,32)33/h4-12,21-22,27H,13H2,1-3H3/t21-,22-/m1/s1/i1D3. The van der Waals surface area contributed by atoms with Crippen molar-refractivity contribution in [2.24, 2.45) is 0 Å². The van der Waals surface area contributed by atoms with Gasteiger partial charge in [0.1, 0.15) is 18.7 Å². The van der Waals surface area contributed by atoms with Crippen molar-refractivity contribution in [2.45, 2.75) is 31.3 Å². The van der Waals surface area contributed by atoms with Crippen molar-refractivity contribution >= 4 is 29.4 Å². The van der Waals surface area contributed by atoms with Gasteiger partial charge in [-0.15, -0.1) is 0 Å². The van der Waals surface area contributed by atoms with Crippen molar-refractivity contribution in [1.82, 2.24) is 14.5 Å². The lowest BCUT2D eigenvalue weighted by atomic mass is 9.97. The van der Waals surface area contributed by atoms with Crippen molar-refractivity contribution < 1.29 is 40.2 Å². The van der Waals surface area contributed by atoms with Crippen molar-refractivity contribution in [3.8, 4) is 16.9 Å². The van der Waals surface area contributed by atoms with Crippen LogP contribution in [0.1, 0.15) is 49.9 Å². The van der Waals surface area contributed by atoms with Gasteiger partial charge in [0, 0.05) is 33.9 Å². The van der Waals surface area contributed by atoms with Gasteiger partial charge < -0.3 is 18.8 Å². The predicted molar refractivity (Wildman–Crippen MR) is 140 cm³/mol. The summed E-state index contributed by atoms with van der Waals surface area (Å²) in [5.74, 6) is -1.06. The summed E-state index contributed by atoms with van der Waals surface area (Å²) < 4.78 is 113. The fourth-order valence-electron chi connectivity index (χ4n) is 5.63. The second-order valence-electron chi connectivity index (χ2n) is 10.2. The van der Waals surface area contributed by atoms with Gasteiger partial charge in [0.25, 0.3) is 5.91 Å². The quantitative estimate of drug-likeness (QED) is 0.200. The molecule has 0 fully saturated rings. The van der Waals surface area contributed by atoms with Crippen LogP contribution in [-0.4, -0.2) is 47.3 Å². The maximum absolute atomic E-state index is 14.2. The van der Waals surface area contributed by atoms with Crippen LogP contribution in [0.2, 0.25) is 0 Å². The molecule has 0 unspecified atom stereocenters. The van der Waals surface area contributed by atoms with E-state index in [0.29, 0.717) is 15.9 Å². The summed E-state index contributed by atoms with van der Waals surface area (Å²) in [6.45, 7) is -3.41. The number of carbonyl (C=O) groups excluding carboxylic acids is 1. The molecule has 6 rings (SSSR count). The van der Waals surface area contributed by atoms with E-state index in [4.69, 9.17) is 8.85 Å². The van der Waals surface area contributed by atoms with Crippen LogP contribution in [0.4, 0.5) is 22.0 Å². The Labute approximate surface area is 230 Å². The number of carbonyl (C=O) groups is 1. The number of hydrogen-bond donors (Lipinski definition) is 0. The molecule has 40 heavy (non-hydrogen) atoms. The minimum Gasteiger partial charge on any atom is -0.434 e. The highest BCUT2D eigenvalue weighted by Crippen LogP contribution is 2.50. The second kappa shape index (κ2) is 8.89. The highest BCUT2D eigenvalue weighted by atomic mass is 31.2. The Morgan fingerprint density at radius 3 is 2.52 bits per heavy atom. The van der Waals surface area contributed by atoms with Crippen molar-refractivity contribution in [2.75, 3.05) is 20.3 Å². The molecule has 3 aromatic carbocycles. The third-order valence-corrected chi connectivity index (χ3v) is 8.91. The Morgan fingerprint density at radius 1 is 1.07 bits per heavy atom. The number of halogens is 5. The minimum absolute atomic E-state index is 0.0337. The summed E-state index contributed by atoms with van der Waals surface area (Å²) in [4.78, 5) is 18.8. The normalized spacial score (nSPS) is 20.1. The van der Waals surface area contributed by atoms with Crippen LogP contribution in [-0.2, 0) is 10.7 Å². The molecule has 0 spiro atoms. The zero-order chi connectivity index (χ0) is 31.2. The molecule has 12 heteroatoms. The number of benzene rings is 3. The highest BCUT2D eigenvalue weighted by Gasteiger charge is 2.45. The first-order valence-corrected chi connectivity index (χ1v) is 14.8. The molecule has 0 saturated carbocycles. The highest BCUT2D eigenvalue weighted by molar-refractivity contribution is 7.70. The molecule has 2 aliphatic heterocycles. The van der Waals surface area contributed by atoms with Gasteiger partial charge in [0.05, 0.1) is 28.7 Å². The van der Waals surface area contributed by atoms with Gasteiger partial charge in [-0.25, -0.2) is 4.98 Å². The molecule has 208 valence electrons. The van der Waals surface area contributed by atoms with E-state index in [1.165, 1.54) is 61.9 Å². The fraction of sp³-hybridized carbons (Fsp3) is 0.286. The number of aromatic nitrogens is 2. The largest absolute Gasteiger partial charge is 0.434 e. The van der Waals surface area contributed by atoms with Gasteiger partial charge >= 0.3 is 12.8 Å². The van der Waals surface area contributed by atoms with Gasteiger partial charge in [-0.05, 0) is 54.8 Å². The van der Waals surface area contributed by atoms with E-state index in [9.17, 15) is 31.3 Å². The number of nitrogens with zero attached hydrogens (tertiary/aromatic N) is 3. The number of imidazole rings is 1. The average Bonchev–Trinajstić information content (AvgIpc) is 3.39. The van der Waals surface area contributed by atoms with Crippen LogP contribution in [0.5, 0.6) is 5.75 Å². The van der Waals surface area contributed by atoms with Crippen LogP contribution in [0, 0.1) is 0 Å². The second-order valence-corrected chi connectivity index (χ2v) is 13.4. The summed E-state index contributed by atoms with van der Waals surface area (Å²) in [5.41, 5.74) is -0.496. The van der Waals surface area contributed by atoms with Crippen LogP contribution < -0.4 is 10.0 Å². The predicted octanol–water partition coefficient (Wildman–Crippen LogP) is 6.69. The van der Waals surface area contributed by atoms with Crippen molar-refractivity contribution in [1.29, 1.82) is 0 Å². The zero-order valence-electron chi connectivity index (χ0n) is 24.0. The molecule has 2 atom stereocenters. The summed E-state index contributed by atoms with van der Waals surface area (Å²) in [5, 5.41) is 0.0672. The SMILES string of the molecule is [2H]C([2H])([2H])N1C(=O)c2cccc(OC(F)F)c2[C@H]2C[C@@H]1c1nc3ccc(-c4ccc(P(C)(C)=O)cc4C(F)(F)F)cc3n12. The number of alkyl halides is 5. The van der Waals surface area contributed by atoms with E-state index in [2.05, 4.69) is 4.98 Å². The Morgan fingerprint density at radius 2 is 1.85 bits per heavy atom. The number of amides is 1. The molecule has 6 nitrogen and oxygen atoms in total. The third-order valence-electron chi connectivity index (χ3n) is 7.39. The molecule has 0 N–H and O–H groups in total. The van der Waals surface area contributed by atoms with Crippen LogP contribution in [0.3, 0.4) is 0 Å². The lowest BCUT2D eigenvalue weighted by Gasteiger charge is -2.24. The molecule has 3 heterocycles. The number of ether oxygens (including phenoxy) is 1. The van der Waals surface area contributed by atoms with E-state index < -0.39 is 50.5 Å². The van der Waals surface area contributed by atoms with Crippen LogP contribution >= 0.6 is 7.14 Å². The van der Waals surface area contributed by atoms with Gasteiger partial charge in [-0.3, -0.25) is 4.79 Å². The first-order chi connectivity index (χ1) is 20.0. The molecule has 2 bridgehead atoms. The average molecular weight is 578 g/mol.